The largest absolute Gasteiger partial charge is 0.452 e. The first-order valence-electron chi connectivity index (χ1n) is 9.62. The second-order valence-electron chi connectivity index (χ2n) is 6.83. The van der Waals surface area contributed by atoms with Crippen LogP contribution in [0.2, 0.25) is 0 Å². The number of aromatic nitrogens is 1. The summed E-state index contributed by atoms with van der Waals surface area (Å²) < 4.78 is 5.47. The Bertz CT molecular complexity index is 1030. The summed E-state index contributed by atoms with van der Waals surface area (Å²) in [6, 6.07) is 17.0. The highest BCUT2D eigenvalue weighted by atomic mass is 16.5. The van der Waals surface area contributed by atoms with Crippen LogP contribution in [0.5, 0.6) is 0 Å². The Morgan fingerprint density at radius 2 is 1.79 bits per heavy atom. The molecule has 0 atom stereocenters. The third-order valence-corrected chi connectivity index (χ3v) is 5.14. The lowest BCUT2D eigenvalue weighted by atomic mass is 10.0. The molecule has 0 radical (unpaired) electrons. The summed E-state index contributed by atoms with van der Waals surface area (Å²) in [6.07, 6.45) is 2.67. The van der Waals surface area contributed by atoms with Crippen LogP contribution in [-0.4, -0.2) is 30.0 Å². The van der Waals surface area contributed by atoms with Gasteiger partial charge in [0.1, 0.15) is 0 Å². The van der Waals surface area contributed by atoms with Gasteiger partial charge in [0.05, 0.1) is 11.1 Å². The molecule has 5 heteroatoms. The quantitative estimate of drug-likeness (QED) is 0.635. The molecule has 1 amide bonds. The van der Waals surface area contributed by atoms with Gasteiger partial charge >= 0.3 is 5.97 Å². The fourth-order valence-corrected chi connectivity index (χ4v) is 3.83. The third kappa shape index (κ3) is 3.36. The van der Waals surface area contributed by atoms with E-state index in [1.807, 2.05) is 61.5 Å². The van der Waals surface area contributed by atoms with E-state index in [1.165, 1.54) is 0 Å². The van der Waals surface area contributed by atoms with Crippen LogP contribution in [0.3, 0.4) is 0 Å². The lowest BCUT2D eigenvalue weighted by Crippen LogP contribution is -2.34. The van der Waals surface area contributed by atoms with Crippen LogP contribution in [0.15, 0.2) is 54.6 Å². The molecule has 0 N–H and O–H groups in total. The Morgan fingerprint density at radius 3 is 2.57 bits per heavy atom. The van der Waals surface area contributed by atoms with Crippen LogP contribution >= 0.6 is 0 Å². The molecule has 0 saturated carbocycles. The number of esters is 1. The van der Waals surface area contributed by atoms with Crippen molar-refractivity contribution in [3.63, 3.8) is 0 Å². The molecule has 3 aromatic rings. The topological polar surface area (TPSA) is 59.5 Å². The lowest BCUT2D eigenvalue weighted by molar-refractivity contribution is -0.121. The second kappa shape index (κ2) is 7.80. The van der Waals surface area contributed by atoms with Crippen LogP contribution in [0.25, 0.3) is 10.9 Å². The molecule has 1 aliphatic rings. The number of carbonyl (C=O) groups excluding carboxylic acids is 2. The minimum Gasteiger partial charge on any atom is -0.452 e. The molecule has 0 aliphatic heterocycles. The molecule has 4 rings (SSSR count). The van der Waals surface area contributed by atoms with Crippen LogP contribution < -0.4 is 4.90 Å². The minimum atomic E-state index is -0.450. The van der Waals surface area contributed by atoms with Crippen molar-refractivity contribution in [3.05, 3.63) is 71.4 Å². The first-order chi connectivity index (χ1) is 13.7. The maximum Gasteiger partial charge on any atom is 0.339 e. The van der Waals surface area contributed by atoms with Gasteiger partial charge in [-0.25, -0.2) is 4.79 Å². The number of hydrogen-bond donors (Lipinski definition) is 0. The zero-order valence-electron chi connectivity index (χ0n) is 15.9. The molecule has 0 bridgehead atoms. The van der Waals surface area contributed by atoms with E-state index in [2.05, 4.69) is 0 Å². The SMILES string of the molecule is CCN(C(=O)COC(=O)c1c2c(nc3ccccc13)CCC2)c1ccccc1. The normalized spacial score (nSPS) is 12.6. The Labute approximate surface area is 163 Å². The van der Waals surface area contributed by atoms with Crippen molar-refractivity contribution in [2.24, 2.45) is 0 Å². The number of hydrogen-bond acceptors (Lipinski definition) is 4. The zero-order chi connectivity index (χ0) is 19.5. The number of anilines is 1. The smallest absolute Gasteiger partial charge is 0.339 e. The summed E-state index contributed by atoms with van der Waals surface area (Å²) >= 11 is 0. The molecule has 1 heterocycles. The number of nitrogens with zero attached hydrogens (tertiary/aromatic N) is 2. The van der Waals surface area contributed by atoms with Crippen LogP contribution in [0.1, 0.15) is 35.0 Å². The number of pyridine rings is 1. The molecule has 142 valence electrons. The van der Waals surface area contributed by atoms with Crippen LogP contribution in [-0.2, 0) is 22.4 Å². The Kier molecular flexibility index (Phi) is 5.06. The van der Waals surface area contributed by atoms with Crippen molar-refractivity contribution >= 4 is 28.5 Å². The van der Waals surface area contributed by atoms with Gasteiger partial charge < -0.3 is 9.64 Å². The number of benzene rings is 2. The predicted octanol–water partition coefficient (Wildman–Crippen LogP) is 3.93. The number of rotatable bonds is 5. The first-order valence-corrected chi connectivity index (χ1v) is 9.62. The molecular weight excluding hydrogens is 352 g/mol. The van der Waals surface area contributed by atoms with Crippen molar-refractivity contribution < 1.29 is 14.3 Å². The molecule has 2 aromatic carbocycles. The number of fused-ring (bicyclic) bond motifs is 2. The van der Waals surface area contributed by atoms with Gasteiger partial charge in [-0.15, -0.1) is 0 Å². The summed E-state index contributed by atoms with van der Waals surface area (Å²) in [5.41, 5.74) is 4.08. The highest BCUT2D eigenvalue weighted by Gasteiger charge is 2.25. The Morgan fingerprint density at radius 1 is 1.04 bits per heavy atom. The standard InChI is InChI=1S/C23H22N2O3/c1-2-25(16-9-4-3-5-10-16)21(26)15-28-23(27)22-17-11-6-7-13-19(17)24-20-14-8-12-18(20)22/h3-7,9-11,13H,2,8,12,14-15H2,1H3. The number of likely N-dealkylation sites (N-methyl/N-ethyl adjacent to an activating group) is 1. The molecule has 0 saturated heterocycles. The van der Waals surface area contributed by atoms with E-state index in [-0.39, 0.29) is 12.5 Å². The summed E-state index contributed by atoms with van der Waals surface area (Å²) in [5.74, 6) is -0.689. The van der Waals surface area contributed by atoms with E-state index < -0.39 is 5.97 Å². The third-order valence-electron chi connectivity index (χ3n) is 5.14. The van der Waals surface area contributed by atoms with Gasteiger partial charge in [-0.3, -0.25) is 9.78 Å². The van der Waals surface area contributed by atoms with E-state index in [9.17, 15) is 9.59 Å². The van der Waals surface area contributed by atoms with Gasteiger partial charge in [-0.1, -0.05) is 36.4 Å². The molecule has 0 spiro atoms. The van der Waals surface area contributed by atoms with Gasteiger partial charge in [0, 0.05) is 23.3 Å². The highest BCUT2D eigenvalue weighted by Crippen LogP contribution is 2.30. The van der Waals surface area contributed by atoms with E-state index in [4.69, 9.17) is 9.72 Å². The average molecular weight is 374 g/mol. The fourth-order valence-electron chi connectivity index (χ4n) is 3.83. The Hall–Kier alpha value is -3.21. The average Bonchev–Trinajstić information content (AvgIpc) is 3.19. The maximum absolute atomic E-state index is 12.9. The number of para-hydroxylation sites is 2. The molecule has 5 nitrogen and oxygen atoms in total. The molecule has 0 fully saturated rings. The van der Waals surface area contributed by atoms with E-state index in [0.29, 0.717) is 12.1 Å². The van der Waals surface area contributed by atoms with E-state index in [1.54, 1.807) is 4.90 Å². The van der Waals surface area contributed by atoms with E-state index in [0.717, 1.165) is 47.1 Å². The summed E-state index contributed by atoms with van der Waals surface area (Å²) in [7, 11) is 0. The number of carbonyl (C=O) groups is 2. The fraction of sp³-hybridized carbons (Fsp3) is 0.261. The number of ether oxygens (including phenoxy) is 1. The van der Waals surface area contributed by atoms with Crippen molar-refractivity contribution in [2.75, 3.05) is 18.1 Å². The van der Waals surface area contributed by atoms with Gasteiger partial charge in [-0.05, 0) is 49.9 Å². The lowest BCUT2D eigenvalue weighted by Gasteiger charge is -2.21. The monoisotopic (exact) mass is 374 g/mol. The van der Waals surface area contributed by atoms with Crippen LogP contribution in [0.4, 0.5) is 5.69 Å². The predicted molar refractivity (Wildman–Crippen MR) is 109 cm³/mol. The number of amides is 1. The van der Waals surface area contributed by atoms with Crippen molar-refractivity contribution in [1.82, 2.24) is 4.98 Å². The minimum absolute atomic E-state index is 0.239. The second-order valence-corrected chi connectivity index (χ2v) is 6.83. The van der Waals surface area contributed by atoms with Gasteiger partial charge in [0.2, 0.25) is 0 Å². The van der Waals surface area contributed by atoms with Gasteiger partial charge in [0.15, 0.2) is 6.61 Å². The summed E-state index contributed by atoms with van der Waals surface area (Å²) in [5, 5.41) is 0.788. The summed E-state index contributed by atoms with van der Waals surface area (Å²) in [4.78, 5) is 31.9. The van der Waals surface area contributed by atoms with Gasteiger partial charge in [-0.2, -0.15) is 0 Å². The Balaban J connectivity index is 1.57. The van der Waals surface area contributed by atoms with Crippen LogP contribution in [0, 0.1) is 0 Å². The van der Waals surface area contributed by atoms with Crippen molar-refractivity contribution in [2.45, 2.75) is 26.2 Å². The molecule has 1 aliphatic carbocycles. The van der Waals surface area contributed by atoms with E-state index >= 15 is 0 Å². The zero-order valence-corrected chi connectivity index (χ0v) is 15.9. The van der Waals surface area contributed by atoms with Crippen molar-refractivity contribution in [3.8, 4) is 0 Å². The van der Waals surface area contributed by atoms with Gasteiger partial charge in [0.25, 0.3) is 5.91 Å². The molecular formula is C23H22N2O3. The maximum atomic E-state index is 12.9. The van der Waals surface area contributed by atoms with Crippen molar-refractivity contribution in [1.29, 1.82) is 0 Å². The number of aryl methyl sites for hydroxylation is 1. The molecule has 0 unspecified atom stereocenters. The molecule has 28 heavy (non-hydrogen) atoms. The highest BCUT2D eigenvalue weighted by molar-refractivity contribution is 6.06. The first kappa shape index (κ1) is 18.2. The summed E-state index contributed by atoms with van der Waals surface area (Å²) in [6.45, 7) is 2.12. The molecule has 1 aromatic heterocycles.